The molecule has 0 spiro atoms. The number of aryl methyl sites for hydroxylation is 1. The topological polar surface area (TPSA) is 84.2 Å². The third kappa shape index (κ3) is 4.35. The van der Waals surface area contributed by atoms with E-state index in [9.17, 15) is 9.59 Å². The van der Waals surface area contributed by atoms with Crippen molar-refractivity contribution in [2.24, 2.45) is 11.7 Å². The highest BCUT2D eigenvalue weighted by atomic mass is 16.2. The van der Waals surface area contributed by atoms with Gasteiger partial charge in [-0.1, -0.05) is 20.3 Å². The number of carbonyl (C=O) groups is 2. The maximum Gasteiger partial charge on any atom is 0.241 e. The molecule has 0 aromatic heterocycles. The van der Waals surface area contributed by atoms with Crippen LogP contribution in [0.1, 0.15) is 32.8 Å². The fourth-order valence-electron chi connectivity index (χ4n) is 1.81. The lowest BCUT2D eigenvalue weighted by Gasteiger charge is -2.18. The molecule has 2 atom stereocenters. The number of amides is 2. The van der Waals surface area contributed by atoms with Gasteiger partial charge in [-0.3, -0.25) is 9.59 Å². The van der Waals surface area contributed by atoms with E-state index in [-0.39, 0.29) is 17.7 Å². The van der Waals surface area contributed by atoms with Crippen molar-refractivity contribution in [3.05, 3.63) is 23.8 Å². The molecule has 0 heterocycles. The van der Waals surface area contributed by atoms with Crippen molar-refractivity contribution < 1.29 is 9.59 Å². The van der Waals surface area contributed by atoms with Gasteiger partial charge in [-0.2, -0.15) is 0 Å². The smallest absolute Gasteiger partial charge is 0.241 e. The van der Waals surface area contributed by atoms with Gasteiger partial charge in [0, 0.05) is 18.3 Å². The molecule has 0 saturated carbocycles. The van der Waals surface area contributed by atoms with E-state index >= 15 is 0 Å². The second-order valence-corrected chi connectivity index (χ2v) is 5.11. The van der Waals surface area contributed by atoms with Gasteiger partial charge in [-0.25, -0.2) is 0 Å². The Balaban J connectivity index is 2.76. The molecule has 0 unspecified atom stereocenters. The van der Waals surface area contributed by atoms with E-state index in [0.717, 1.165) is 17.7 Å². The average Bonchev–Trinajstić information content (AvgIpc) is 2.39. The lowest BCUT2D eigenvalue weighted by atomic mass is 9.99. The summed E-state index contributed by atoms with van der Waals surface area (Å²) in [4.78, 5) is 23.0. The second kappa shape index (κ2) is 7.05. The van der Waals surface area contributed by atoms with E-state index in [2.05, 4.69) is 10.6 Å². The molecule has 20 heavy (non-hydrogen) atoms. The molecule has 0 fully saturated rings. The minimum Gasteiger partial charge on any atom is -0.326 e. The Morgan fingerprint density at radius 2 is 1.95 bits per heavy atom. The van der Waals surface area contributed by atoms with Gasteiger partial charge in [0.2, 0.25) is 11.8 Å². The molecule has 0 saturated heterocycles. The highest BCUT2D eigenvalue weighted by molar-refractivity contribution is 5.95. The third-order valence-corrected chi connectivity index (χ3v) is 3.36. The molecule has 110 valence electrons. The minimum absolute atomic E-state index is 0.122. The van der Waals surface area contributed by atoms with Crippen LogP contribution in [0.25, 0.3) is 0 Å². The molecule has 1 rings (SSSR count). The second-order valence-electron chi connectivity index (χ2n) is 5.11. The number of rotatable bonds is 5. The van der Waals surface area contributed by atoms with Crippen molar-refractivity contribution in [3.63, 3.8) is 0 Å². The molecule has 5 heteroatoms. The van der Waals surface area contributed by atoms with Crippen LogP contribution in [0.2, 0.25) is 0 Å². The van der Waals surface area contributed by atoms with E-state index in [1.165, 1.54) is 6.92 Å². The number of benzene rings is 1. The molecule has 5 nitrogen and oxygen atoms in total. The van der Waals surface area contributed by atoms with E-state index in [1.54, 1.807) is 12.1 Å². The molecule has 1 aromatic rings. The van der Waals surface area contributed by atoms with Gasteiger partial charge in [0.1, 0.15) is 0 Å². The molecule has 2 amide bonds. The van der Waals surface area contributed by atoms with Gasteiger partial charge >= 0.3 is 0 Å². The summed E-state index contributed by atoms with van der Waals surface area (Å²) in [5.74, 6) is -0.176. The molecule has 0 aliphatic rings. The van der Waals surface area contributed by atoms with Gasteiger partial charge in [0.05, 0.1) is 6.04 Å². The van der Waals surface area contributed by atoms with Crippen molar-refractivity contribution in [2.45, 2.75) is 40.2 Å². The summed E-state index contributed by atoms with van der Waals surface area (Å²) in [5.41, 5.74) is 8.19. The first-order valence-corrected chi connectivity index (χ1v) is 6.79. The van der Waals surface area contributed by atoms with Gasteiger partial charge in [0.15, 0.2) is 0 Å². The predicted octanol–water partition coefficient (Wildman–Crippen LogP) is 2.27. The summed E-state index contributed by atoms with van der Waals surface area (Å²) < 4.78 is 0. The molecule has 1 aromatic carbocycles. The van der Waals surface area contributed by atoms with Crippen LogP contribution < -0.4 is 16.4 Å². The minimum atomic E-state index is -0.518. The van der Waals surface area contributed by atoms with Gasteiger partial charge in [-0.15, -0.1) is 0 Å². The zero-order chi connectivity index (χ0) is 15.3. The Kier molecular flexibility index (Phi) is 5.70. The fourth-order valence-corrected chi connectivity index (χ4v) is 1.81. The fraction of sp³-hybridized carbons (Fsp3) is 0.467. The van der Waals surface area contributed by atoms with Crippen LogP contribution in [-0.2, 0) is 9.59 Å². The number of nitrogens with two attached hydrogens (primary N) is 1. The standard InChI is InChI=1S/C15H23N3O2/c1-5-9(2)14(16)15(20)18-12-6-7-13(10(3)8-12)17-11(4)19/h6-9,14H,5,16H2,1-4H3,(H,17,19)(H,18,20)/t9-,14-/m0/s1. The van der Waals surface area contributed by atoms with Gasteiger partial charge < -0.3 is 16.4 Å². The number of carbonyl (C=O) groups excluding carboxylic acids is 2. The SMILES string of the molecule is CC[C@H](C)[C@H](N)C(=O)Nc1ccc(NC(C)=O)c(C)c1. The molecule has 4 N–H and O–H groups in total. The molecule has 0 aliphatic carbocycles. The largest absolute Gasteiger partial charge is 0.326 e. The van der Waals surface area contributed by atoms with Gasteiger partial charge in [0.25, 0.3) is 0 Å². The molecule has 0 radical (unpaired) electrons. The molecule has 0 aliphatic heterocycles. The monoisotopic (exact) mass is 277 g/mol. The Hall–Kier alpha value is -1.88. The Morgan fingerprint density at radius 1 is 1.30 bits per heavy atom. The summed E-state index contributed by atoms with van der Waals surface area (Å²) in [6.07, 6.45) is 0.856. The normalized spacial score (nSPS) is 13.4. The van der Waals surface area contributed by atoms with Crippen LogP contribution in [0, 0.1) is 12.8 Å². The quantitative estimate of drug-likeness (QED) is 0.772. The van der Waals surface area contributed by atoms with Crippen LogP contribution in [0.5, 0.6) is 0 Å². The Labute approximate surface area is 119 Å². The number of hydrogen-bond acceptors (Lipinski definition) is 3. The van der Waals surface area contributed by atoms with Gasteiger partial charge in [-0.05, 0) is 36.6 Å². The lowest BCUT2D eigenvalue weighted by Crippen LogP contribution is -2.40. The van der Waals surface area contributed by atoms with E-state index in [0.29, 0.717) is 5.69 Å². The lowest BCUT2D eigenvalue weighted by molar-refractivity contribution is -0.118. The van der Waals surface area contributed by atoms with E-state index in [1.807, 2.05) is 26.8 Å². The highest BCUT2D eigenvalue weighted by Crippen LogP contribution is 2.20. The zero-order valence-corrected chi connectivity index (χ0v) is 12.5. The maximum atomic E-state index is 12.0. The zero-order valence-electron chi connectivity index (χ0n) is 12.5. The third-order valence-electron chi connectivity index (χ3n) is 3.36. The summed E-state index contributed by atoms with van der Waals surface area (Å²) in [6, 6.07) is 4.81. The predicted molar refractivity (Wildman–Crippen MR) is 81.5 cm³/mol. The van der Waals surface area contributed by atoms with Crippen molar-refractivity contribution in [1.29, 1.82) is 0 Å². The van der Waals surface area contributed by atoms with Crippen molar-refractivity contribution >= 4 is 23.2 Å². The first-order valence-electron chi connectivity index (χ1n) is 6.79. The van der Waals surface area contributed by atoms with Crippen molar-refractivity contribution in [3.8, 4) is 0 Å². The first kappa shape index (κ1) is 16.2. The number of anilines is 2. The van der Waals surface area contributed by atoms with Crippen LogP contribution >= 0.6 is 0 Å². The van der Waals surface area contributed by atoms with Crippen LogP contribution in [0.15, 0.2) is 18.2 Å². The van der Waals surface area contributed by atoms with Crippen molar-refractivity contribution in [2.75, 3.05) is 10.6 Å². The van der Waals surface area contributed by atoms with Crippen LogP contribution in [-0.4, -0.2) is 17.9 Å². The Bertz CT molecular complexity index is 500. The van der Waals surface area contributed by atoms with E-state index in [4.69, 9.17) is 5.73 Å². The maximum absolute atomic E-state index is 12.0. The van der Waals surface area contributed by atoms with Crippen LogP contribution in [0.3, 0.4) is 0 Å². The van der Waals surface area contributed by atoms with Crippen molar-refractivity contribution in [1.82, 2.24) is 0 Å². The number of nitrogens with one attached hydrogen (secondary N) is 2. The molecular formula is C15H23N3O2. The molecule has 0 bridgehead atoms. The van der Waals surface area contributed by atoms with Crippen LogP contribution in [0.4, 0.5) is 11.4 Å². The molecular weight excluding hydrogens is 254 g/mol. The number of hydrogen-bond donors (Lipinski definition) is 3. The highest BCUT2D eigenvalue weighted by Gasteiger charge is 2.19. The summed E-state index contributed by atoms with van der Waals surface area (Å²) >= 11 is 0. The summed E-state index contributed by atoms with van der Waals surface area (Å²) in [6.45, 7) is 7.29. The average molecular weight is 277 g/mol. The van der Waals surface area contributed by atoms with E-state index < -0.39 is 6.04 Å². The first-order chi connectivity index (χ1) is 9.35. The Morgan fingerprint density at radius 3 is 2.45 bits per heavy atom. The summed E-state index contributed by atoms with van der Waals surface area (Å²) in [7, 11) is 0. The summed E-state index contributed by atoms with van der Waals surface area (Å²) in [5, 5.41) is 5.53.